The molecule has 1 amide bonds. The van der Waals surface area contributed by atoms with Crippen molar-refractivity contribution in [3.05, 3.63) is 148 Å². The number of para-hydroxylation sites is 1. The van der Waals surface area contributed by atoms with Crippen LogP contribution in [0.15, 0.2) is 109 Å². The number of aromatic carboxylic acids is 1. The van der Waals surface area contributed by atoms with E-state index in [1.807, 2.05) is 50.2 Å². The molecule has 1 aromatic heterocycles. The second-order valence-electron chi connectivity index (χ2n) is 11.1. The van der Waals surface area contributed by atoms with Gasteiger partial charge in [0.2, 0.25) is 0 Å². The van der Waals surface area contributed by atoms with E-state index in [9.17, 15) is 27.9 Å². The maximum atomic E-state index is 13.1. The highest BCUT2D eigenvalue weighted by atomic mass is 19.4. The molecule has 0 unspecified atom stereocenters. The molecule has 4 aromatic carbocycles. The van der Waals surface area contributed by atoms with Gasteiger partial charge in [0.15, 0.2) is 0 Å². The molecule has 240 valence electrons. The summed E-state index contributed by atoms with van der Waals surface area (Å²) in [5.74, 6) is -0.124. The van der Waals surface area contributed by atoms with Crippen molar-refractivity contribution in [3.8, 4) is 17.2 Å². The Labute approximate surface area is 269 Å². The number of alkyl halides is 3. The fourth-order valence-electron chi connectivity index (χ4n) is 4.89. The summed E-state index contributed by atoms with van der Waals surface area (Å²) < 4.78 is 49.7. The standard InChI is InChI=1S/C37H31F3N2O5/c1-23(2)32-20-34(42-35(43)25-9-14-31(15-10-25)47-30-6-4-3-5-7-30)33(36(44)45)19-26(32)18-24-8-13-28(41-21-24)22-46-29-16-11-27(12-17-29)37(38,39)40/h3-17,19-21,23H,18,22H2,1-2H3,(H,42,43)(H,44,45). The van der Waals surface area contributed by atoms with Crippen LogP contribution in [0.1, 0.15) is 68.4 Å². The van der Waals surface area contributed by atoms with E-state index in [0.29, 0.717) is 29.2 Å². The van der Waals surface area contributed by atoms with Gasteiger partial charge in [0.25, 0.3) is 5.91 Å². The van der Waals surface area contributed by atoms with Gasteiger partial charge in [-0.25, -0.2) is 4.79 Å². The molecule has 0 saturated carbocycles. The van der Waals surface area contributed by atoms with Crippen LogP contribution < -0.4 is 14.8 Å². The summed E-state index contributed by atoms with van der Waals surface area (Å²) in [4.78, 5) is 29.8. The van der Waals surface area contributed by atoms with Gasteiger partial charge in [-0.15, -0.1) is 0 Å². The van der Waals surface area contributed by atoms with Gasteiger partial charge in [-0.2, -0.15) is 13.2 Å². The third-order valence-corrected chi connectivity index (χ3v) is 7.32. The summed E-state index contributed by atoms with van der Waals surface area (Å²) in [6, 6.07) is 27.1. The van der Waals surface area contributed by atoms with Crippen LogP contribution in [0.25, 0.3) is 0 Å². The van der Waals surface area contributed by atoms with Crippen molar-refractivity contribution < 1.29 is 37.3 Å². The monoisotopic (exact) mass is 640 g/mol. The number of hydrogen-bond donors (Lipinski definition) is 2. The molecule has 1 heterocycles. The van der Waals surface area contributed by atoms with Crippen LogP contribution in [-0.2, 0) is 19.2 Å². The number of carboxylic acid groups (broad SMARTS) is 1. The van der Waals surface area contributed by atoms with E-state index in [1.165, 1.54) is 12.1 Å². The number of halogens is 3. The van der Waals surface area contributed by atoms with Crippen LogP contribution >= 0.6 is 0 Å². The Morgan fingerprint density at radius 2 is 1.51 bits per heavy atom. The number of benzene rings is 4. The van der Waals surface area contributed by atoms with Gasteiger partial charge in [-0.3, -0.25) is 9.78 Å². The van der Waals surface area contributed by atoms with Gasteiger partial charge in [-0.1, -0.05) is 38.1 Å². The normalized spacial score (nSPS) is 11.3. The van der Waals surface area contributed by atoms with Crippen molar-refractivity contribution in [1.82, 2.24) is 4.98 Å². The van der Waals surface area contributed by atoms with Crippen molar-refractivity contribution in [2.24, 2.45) is 0 Å². The van der Waals surface area contributed by atoms with Gasteiger partial charge in [0.1, 0.15) is 23.9 Å². The topological polar surface area (TPSA) is 97.8 Å². The Kier molecular flexibility index (Phi) is 9.89. The second kappa shape index (κ2) is 14.2. The Hall–Kier alpha value is -5.64. The van der Waals surface area contributed by atoms with Crippen LogP contribution in [-0.4, -0.2) is 22.0 Å². The van der Waals surface area contributed by atoms with Crippen molar-refractivity contribution in [2.45, 2.75) is 39.0 Å². The van der Waals surface area contributed by atoms with Crippen LogP contribution in [0.3, 0.4) is 0 Å². The van der Waals surface area contributed by atoms with Crippen molar-refractivity contribution >= 4 is 17.6 Å². The second-order valence-corrected chi connectivity index (χ2v) is 11.1. The first kappa shape index (κ1) is 32.7. The fourth-order valence-corrected chi connectivity index (χ4v) is 4.89. The molecule has 7 nitrogen and oxygen atoms in total. The number of ether oxygens (including phenoxy) is 2. The average Bonchev–Trinajstić information content (AvgIpc) is 3.05. The highest BCUT2D eigenvalue weighted by Crippen LogP contribution is 2.32. The minimum Gasteiger partial charge on any atom is -0.487 e. The van der Waals surface area contributed by atoms with Crippen molar-refractivity contribution in [3.63, 3.8) is 0 Å². The molecule has 0 bridgehead atoms. The van der Waals surface area contributed by atoms with Crippen LogP contribution in [0, 0.1) is 0 Å². The molecular weight excluding hydrogens is 609 g/mol. The first-order chi connectivity index (χ1) is 22.5. The fraction of sp³-hybridized carbons (Fsp3) is 0.162. The molecule has 10 heteroatoms. The number of amides is 1. The van der Waals surface area contributed by atoms with Crippen molar-refractivity contribution in [2.75, 3.05) is 5.32 Å². The largest absolute Gasteiger partial charge is 0.487 e. The zero-order valence-corrected chi connectivity index (χ0v) is 25.5. The zero-order valence-electron chi connectivity index (χ0n) is 25.5. The maximum absolute atomic E-state index is 13.1. The molecule has 5 aromatic rings. The molecule has 0 fully saturated rings. The SMILES string of the molecule is CC(C)c1cc(NC(=O)c2ccc(Oc3ccccc3)cc2)c(C(=O)O)cc1Cc1ccc(COc2ccc(C(F)(F)F)cc2)nc1. The van der Waals surface area contributed by atoms with Crippen LogP contribution in [0.2, 0.25) is 0 Å². The van der Waals surface area contributed by atoms with Gasteiger partial charge in [0.05, 0.1) is 22.5 Å². The third-order valence-electron chi connectivity index (χ3n) is 7.32. The number of carbonyl (C=O) groups is 2. The molecule has 0 saturated heterocycles. The maximum Gasteiger partial charge on any atom is 0.416 e. The first-order valence-electron chi connectivity index (χ1n) is 14.7. The predicted molar refractivity (Wildman–Crippen MR) is 171 cm³/mol. The highest BCUT2D eigenvalue weighted by molar-refractivity contribution is 6.08. The first-order valence-corrected chi connectivity index (χ1v) is 14.7. The quantitative estimate of drug-likeness (QED) is 0.149. The minimum absolute atomic E-state index is 0.0160. The van der Waals surface area contributed by atoms with Gasteiger partial charge < -0.3 is 19.9 Å². The van der Waals surface area contributed by atoms with E-state index in [1.54, 1.807) is 48.7 Å². The molecule has 0 aliphatic heterocycles. The van der Waals surface area contributed by atoms with E-state index in [2.05, 4.69) is 10.3 Å². The van der Waals surface area contributed by atoms with Gasteiger partial charge in [-0.05, 0) is 108 Å². The lowest BCUT2D eigenvalue weighted by Crippen LogP contribution is -2.16. The molecule has 47 heavy (non-hydrogen) atoms. The number of anilines is 1. The number of hydrogen-bond acceptors (Lipinski definition) is 5. The van der Waals surface area contributed by atoms with Crippen LogP contribution in [0.5, 0.6) is 17.2 Å². The van der Waals surface area contributed by atoms with E-state index < -0.39 is 23.6 Å². The van der Waals surface area contributed by atoms with E-state index in [-0.39, 0.29) is 29.5 Å². The van der Waals surface area contributed by atoms with Crippen LogP contribution in [0.4, 0.5) is 18.9 Å². The number of carboxylic acids is 1. The summed E-state index contributed by atoms with van der Waals surface area (Å²) in [6.45, 7) is 4.02. The zero-order chi connectivity index (χ0) is 33.6. The summed E-state index contributed by atoms with van der Waals surface area (Å²) in [5.41, 5.74) is 2.75. The molecule has 0 radical (unpaired) electrons. The number of nitrogens with zero attached hydrogens (tertiary/aromatic N) is 1. The summed E-state index contributed by atoms with van der Waals surface area (Å²) in [5, 5.41) is 12.8. The van der Waals surface area contributed by atoms with E-state index >= 15 is 0 Å². The molecule has 5 rings (SSSR count). The Balaban J connectivity index is 1.27. The number of pyridine rings is 1. The van der Waals surface area contributed by atoms with Crippen molar-refractivity contribution in [1.29, 1.82) is 0 Å². The Bertz CT molecular complexity index is 1840. The lowest BCUT2D eigenvalue weighted by Gasteiger charge is -2.18. The highest BCUT2D eigenvalue weighted by Gasteiger charge is 2.30. The Morgan fingerprint density at radius 3 is 2.11 bits per heavy atom. The van der Waals surface area contributed by atoms with E-state index in [4.69, 9.17) is 9.47 Å². The minimum atomic E-state index is -4.42. The lowest BCUT2D eigenvalue weighted by atomic mass is 9.90. The van der Waals surface area contributed by atoms with Gasteiger partial charge >= 0.3 is 12.1 Å². The summed E-state index contributed by atoms with van der Waals surface area (Å²) in [7, 11) is 0. The smallest absolute Gasteiger partial charge is 0.416 e. The molecule has 2 N–H and O–H groups in total. The molecule has 0 spiro atoms. The predicted octanol–water partition coefficient (Wildman–Crippen LogP) is 9.14. The molecule has 0 aliphatic rings. The number of rotatable bonds is 11. The van der Waals surface area contributed by atoms with Gasteiger partial charge in [0, 0.05) is 11.8 Å². The summed E-state index contributed by atoms with van der Waals surface area (Å²) in [6.07, 6.45) is -2.38. The average molecular weight is 641 g/mol. The molecule has 0 aliphatic carbocycles. The molecule has 0 atom stereocenters. The number of carbonyl (C=O) groups excluding carboxylic acids is 1. The lowest BCUT2D eigenvalue weighted by molar-refractivity contribution is -0.137. The molecular formula is C37H31F3N2O5. The third kappa shape index (κ3) is 8.55. The van der Waals surface area contributed by atoms with E-state index in [0.717, 1.165) is 28.8 Å². The Morgan fingerprint density at radius 1 is 0.851 bits per heavy atom. The number of aromatic nitrogens is 1. The summed E-state index contributed by atoms with van der Waals surface area (Å²) >= 11 is 0. The number of nitrogens with one attached hydrogen (secondary N) is 1.